The maximum absolute atomic E-state index is 13.0. The molecule has 2 N–H and O–H groups in total. The van der Waals surface area contributed by atoms with Gasteiger partial charge >= 0.3 is 0 Å². The predicted molar refractivity (Wildman–Crippen MR) is 123 cm³/mol. The standard InChI is InChI=1S/C24H23N7O2/c1-15-7-19(26)3-4-21(15)24(32)29-6-5-20(14-29)30-13-18(11-27-30)16-8-22(33-2)23-17(9-25)10-28-31(23)12-16/h3-4,7-8,10-13,20H,5-6,14,26H2,1-2H3/t20-/m0/s1. The molecule has 0 spiro atoms. The number of methoxy groups -OCH3 is 1. The molecule has 33 heavy (non-hydrogen) atoms. The van der Waals surface area contributed by atoms with Gasteiger partial charge in [-0.15, -0.1) is 0 Å². The summed E-state index contributed by atoms with van der Waals surface area (Å²) in [7, 11) is 1.57. The molecule has 1 aromatic carbocycles. The Morgan fingerprint density at radius 1 is 1.21 bits per heavy atom. The Bertz CT molecular complexity index is 1410. The molecular weight excluding hydrogens is 418 g/mol. The van der Waals surface area contributed by atoms with Crippen molar-refractivity contribution < 1.29 is 9.53 Å². The van der Waals surface area contributed by atoms with Gasteiger partial charge in [-0.3, -0.25) is 9.48 Å². The molecule has 5 rings (SSSR count). The van der Waals surface area contributed by atoms with Crippen LogP contribution in [0.1, 0.15) is 33.9 Å². The second-order valence-electron chi connectivity index (χ2n) is 8.24. The van der Waals surface area contributed by atoms with Crippen LogP contribution in [0.2, 0.25) is 0 Å². The average molecular weight is 441 g/mol. The van der Waals surface area contributed by atoms with Gasteiger partial charge in [0.05, 0.1) is 25.5 Å². The number of carbonyl (C=O) groups excluding carboxylic acids is 1. The number of amides is 1. The smallest absolute Gasteiger partial charge is 0.254 e. The van der Waals surface area contributed by atoms with Crippen molar-refractivity contribution in [3.05, 3.63) is 65.7 Å². The lowest BCUT2D eigenvalue weighted by molar-refractivity contribution is 0.0786. The van der Waals surface area contributed by atoms with Gasteiger partial charge in [0.2, 0.25) is 0 Å². The number of hydrogen-bond acceptors (Lipinski definition) is 6. The third kappa shape index (κ3) is 3.55. The lowest BCUT2D eigenvalue weighted by atomic mass is 10.1. The van der Waals surface area contributed by atoms with Gasteiger partial charge in [0.15, 0.2) is 0 Å². The van der Waals surface area contributed by atoms with E-state index in [1.807, 2.05) is 41.0 Å². The fourth-order valence-electron chi connectivity index (χ4n) is 4.41. The summed E-state index contributed by atoms with van der Waals surface area (Å²) in [6.07, 6.45) is 7.98. The van der Waals surface area contributed by atoms with E-state index in [0.717, 1.165) is 23.1 Å². The maximum Gasteiger partial charge on any atom is 0.254 e. The van der Waals surface area contributed by atoms with Crippen LogP contribution in [-0.4, -0.2) is 50.4 Å². The Morgan fingerprint density at radius 2 is 2.06 bits per heavy atom. The number of nitrogen functional groups attached to an aromatic ring is 1. The minimum absolute atomic E-state index is 0.0181. The third-order valence-corrected chi connectivity index (χ3v) is 6.16. The molecule has 4 heterocycles. The SMILES string of the molecule is COc1cc(-c2cnn([C@H]3CCN(C(=O)c4ccc(N)cc4C)C3)c2)cn2ncc(C#N)c12. The molecule has 0 bridgehead atoms. The molecule has 3 aromatic heterocycles. The summed E-state index contributed by atoms with van der Waals surface area (Å²) in [5.41, 5.74) is 10.9. The molecule has 1 aliphatic rings. The van der Waals surface area contributed by atoms with Gasteiger partial charge in [-0.1, -0.05) is 0 Å². The normalized spacial score (nSPS) is 15.7. The highest BCUT2D eigenvalue weighted by Crippen LogP contribution is 2.31. The number of pyridine rings is 1. The number of ether oxygens (including phenoxy) is 1. The number of benzene rings is 1. The topological polar surface area (TPSA) is 114 Å². The van der Waals surface area contributed by atoms with E-state index in [1.165, 1.54) is 6.20 Å². The lowest BCUT2D eigenvalue weighted by Crippen LogP contribution is -2.29. The van der Waals surface area contributed by atoms with Crippen LogP contribution in [0.25, 0.3) is 16.6 Å². The van der Waals surface area contributed by atoms with Crippen LogP contribution >= 0.6 is 0 Å². The first-order valence-electron chi connectivity index (χ1n) is 10.6. The number of nitrogens with zero attached hydrogens (tertiary/aromatic N) is 6. The summed E-state index contributed by atoms with van der Waals surface area (Å²) in [5, 5.41) is 18.2. The number of rotatable bonds is 4. The van der Waals surface area contributed by atoms with Crippen molar-refractivity contribution in [2.24, 2.45) is 0 Å². The lowest BCUT2D eigenvalue weighted by Gasteiger charge is -2.18. The van der Waals surface area contributed by atoms with Crippen molar-refractivity contribution in [2.75, 3.05) is 25.9 Å². The Hall–Kier alpha value is -4.32. The Morgan fingerprint density at radius 3 is 2.82 bits per heavy atom. The second kappa shape index (κ2) is 7.98. The quantitative estimate of drug-likeness (QED) is 0.487. The van der Waals surface area contributed by atoms with Gasteiger partial charge in [0, 0.05) is 47.9 Å². The summed E-state index contributed by atoms with van der Waals surface area (Å²) < 4.78 is 9.07. The molecule has 0 saturated carbocycles. The van der Waals surface area contributed by atoms with E-state index < -0.39 is 0 Å². The summed E-state index contributed by atoms with van der Waals surface area (Å²) in [6, 6.07) is 9.50. The molecule has 9 nitrogen and oxygen atoms in total. The molecule has 1 atom stereocenters. The van der Waals surface area contributed by atoms with E-state index in [9.17, 15) is 10.1 Å². The number of fused-ring (bicyclic) bond motifs is 1. The molecule has 1 aliphatic heterocycles. The van der Waals surface area contributed by atoms with Gasteiger partial charge in [-0.25, -0.2) is 4.52 Å². The number of aromatic nitrogens is 4. The minimum atomic E-state index is 0.0181. The van der Waals surface area contributed by atoms with Crippen molar-refractivity contribution in [1.82, 2.24) is 24.3 Å². The maximum atomic E-state index is 13.0. The molecule has 4 aromatic rings. The van der Waals surface area contributed by atoms with Crippen LogP contribution in [-0.2, 0) is 0 Å². The third-order valence-electron chi connectivity index (χ3n) is 6.16. The first-order chi connectivity index (χ1) is 16.0. The van der Waals surface area contributed by atoms with Crippen LogP contribution < -0.4 is 10.5 Å². The van der Waals surface area contributed by atoms with Crippen molar-refractivity contribution in [1.29, 1.82) is 5.26 Å². The molecule has 1 fully saturated rings. The molecule has 1 saturated heterocycles. The van der Waals surface area contributed by atoms with E-state index in [-0.39, 0.29) is 11.9 Å². The van der Waals surface area contributed by atoms with Crippen LogP contribution in [0.15, 0.2) is 49.1 Å². The summed E-state index contributed by atoms with van der Waals surface area (Å²) in [4.78, 5) is 14.9. The number of anilines is 1. The second-order valence-corrected chi connectivity index (χ2v) is 8.24. The monoisotopic (exact) mass is 441 g/mol. The zero-order valence-corrected chi connectivity index (χ0v) is 18.4. The molecule has 0 radical (unpaired) electrons. The molecule has 166 valence electrons. The predicted octanol–water partition coefficient (Wildman–Crippen LogP) is 3.06. The van der Waals surface area contributed by atoms with Gasteiger partial charge < -0.3 is 15.4 Å². The number of hydrogen-bond donors (Lipinski definition) is 1. The first kappa shape index (κ1) is 20.6. The van der Waals surface area contributed by atoms with E-state index >= 15 is 0 Å². The number of nitrogens with two attached hydrogens (primary N) is 1. The largest absolute Gasteiger partial charge is 0.494 e. The van der Waals surface area contributed by atoms with Gasteiger partial charge in [-0.2, -0.15) is 15.5 Å². The highest BCUT2D eigenvalue weighted by Gasteiger charge is 2.29. The van der Waals surface area contributed by atoms with Crippen molar-refractivity contribution >= 4 is 17.1 Å². The highest BCUT2D eigenvalue weighted by atomic mass is 16.5. The first-order valence-corrected chi connectivity index (χ1v) is 10.6. The van der Waals surface area contributed by atoms with E-state index in [4.69, 9.17) is 10.5 Å². The number of nitriles is 1. The Labute approximate surface area is 190 Å². The number of aryl methyl sites for hydroxylation is 1. The average Bonchev–Trinajstić information content (AvgIpc) is 3.57. The Kier molecular flexibility index (Phi) is 4.98. The van der Waals surface area contributed by atoms with Crippen molar-refractivity contribution in [3.8, 4) is 22.9 Å². The fraction of sp³-hybridized carbons (Fsp3) is 0.250. The van der Waals surface area contributed by atoms with Crippen LogP contribution in [0.4, 0.5) is 5.69 Å². The Balaban J connectivity index is 1.37. The molecule has 1 amide bonds. The van der Waals surface area contributed by atoms with E-state index in [0.29, 0.717) is 41.2 Å². The summed E-state index contributed by atoms with van der Waals surface area (Å²) >= 11 is 0. The van der Waals surface area contributed by atoms with Crippen LogP contribution in [0.3, 0.4) is 0 Å². The minimum Gasteiger partial charge on any atom is -0.494 e. The molecule has 0 unspecified atom stereocenters. The van der Waals surface area contributed by atoms with E-state index in [2.05, 4.69) is 16.3 Å². The molecule has 0 aliphatic carbocycles. The molecular formula is C24H23N7O2. The van der Waals surface area contributed by atoms with Gasteiger partial charge in [-0.05, 0) is 43.2 Å². The fourth-order valence-corrected chi connectivity index (χ4v) is 4.41. The van der Waals surface area contributed by atoms with Crippen LogP contribution in [0.5, 0.6) is 5.75 Å². The van der Waals surface area contributed by atoms with E-state index in [1.54, 1.807) is 30.0 Å². The zero-order valence-electron chi connectivity index (χ0n) is 18.4. The number of carbonyl (C=O) groups is 1. The van der Waals surface area contributed by atoms with Gasteiger partial charge in [0.25, 0.3) is 5.91 Å². The zero-order chi connectivity index (χ0) is 23.1. The van der Waals surface area contributed by atoms with Crippen molar-refractivity contribution in [2.45, 2.75) is 19.4 Å². The van der Waals surface area contributed by atoms with Crippen LogP contribution in [0, 0.1) is 18.3 Å². The van der Waals surface area contributed by atoms with Gasteiger partial charge in [0.1, 0.15) is 22.9 Å². The summed E-state index contributed by atoms with van der Waals surface area (Å²) in [6.45, 7) is 3.17. The summed E-state index contributed by atoms with van der Waals surface area (Å²) in [5.74, 6) is 0.593. The molecule has 9 heteroatoms. The van der Waals surface area contributed by atoms with Crippen molar-refractivity contribution in [3.63, 3.8) is 0 Å². The highest BCUT2D eigenvalue weighted by molar-refractivity contribution is 5.96. The number of likely N-dealkylation sites (tertiary alicyclic amines) is 1.